The molecule has 1 aliphatic carbocycles. The van der Waals surface area contributed by atoms with Crippen LogP contribution in [0.15, 0.2) is 0 Å². The second-order valence-electron chi connectivity index (χ2n) is 5.59. The Bertz CT molecular complexity index is 267. The van der Waals surface area contributed by atoms with Crippen molar-refractivity contribution in [2.24, 2.45) is 11.8 Å². The number of hydrogen-bond donors (Lipinski definition) is 1. The maximum atomic E-state index is 12.0. The lowest BCUT2D eigenvalue weighted by molar-refractivity contribution is -0.130. The van der Waals surface area contributed by atoms with Gasteiger partial charge in [-0.05, 0) is 38.0 Å². The Morgan fingerprint density at radius 3 is 2.69 bits per heavy atom. The van der Waals surface area contributed by atoms with Gasteiger partial charge in [0, 0.05) is 6.54 Å². The summed E-state index contributed by atoms with van der Waals surface area (Å²) in [6.45, 7) is 7.42. The molecule has 4 unspecified atom stereocenters. The number of nitrogens with one attached hydrogen (secondary N) is 1. The lowest BCUT2D eigenvalue weighted by Gasteiger charge is -2.26. The highest BCUT2D eigenvalue weighted by Gasteiger charge is 2.37. The predicted octanol–water partition coefficient (Wildman–Crippen LogP) is 1.98. The van der Waals surface area contributed by atoms with Gasteiger partial charge in [-0.3, -0.25) is 10.1 Å². The van der Waals surface area contributed by atoms with E-state index in [9.17, 15) is 4.79 Å². The Labute approximate surface area is 98.6 Å². The van der Waals surface area contributed by atoms with Crippen molar-refractivity contribution in [1.82, 2.24) is 10.2 Å². The molecule has 2 fully saturated rings. The van der Waals surface area contributed by atoms with Crippen molar-refractivity contribution in [2.75, 3.05) is 6.54 Å². The van der Waals surface area contributed by atoms with Crippen molar-refractivity contribution in [2.45, 2.75) is 58.7 Å². The molecule has 0 spiro atoms. The first kappa shape index (κ1) is 11.9. The fraction of sp³-hybridized carbons (Fsp3) is 0.923. The molecule has 0 aromatic carbocycles. The molecule has 4 atom stereocenters. The number of amides is 1. The van der Waals surface area contributed by atoms with Gasteiger partial charge in [-0.2, -0.15) is 0 Å². The first-order valence-electron chi connectivity index (χ1n) is 6.68. The van der Waals surface area contributed by atoms with Gasteiger partial charge in [-0.25, -0.2) is 0 Å². The van der Waals surface area contributed by atoms with Gasteiger partial charge >= 0.3 is 0 Å². The summed E-state index contributed by atoms with van der Waals surface area (Å²) in [4.78, 5) is 14.1. The van der Waals surface area contributed by atoms with E-state index in [2.05, 4.69) is 24.1 Å². The van der Waals surface area contributed by atoms with Gasteiger partial charge in [-0.1, -0.05) is 20.3 Å². The molecular formula is C13H24N2O. The van der Waals surface area contributed by atoms with Gasteiger partial charge in [0.05, 0.1) is 12.2 Å². The van der Waals surface area contributed by atoms with Crippen molar-refractivity contribution < 1.29 is 4.79 Å². The molecule has 2 rings (SSSR count). The molecule has 16 heavy (non-hydrogen) atoms. The van der Waals surface area contributed by atoms with Crippen molar-refractivity contribution in [3.8, 4) is 0 Å². The Kier molecular flexibility index (Phi) is 3.53. The van der Waals surface area contributed by atoms with E-state index in [0.717, 1.165) is 24.8 Å². The van der Waals surface area contributed by atoms with Crippen LogP contribution < -0.4 is 5.32 Å². The number of rotatable bonds is 3. The molecular weight excluding hydrogens is 200 g/mol. The Morgan fingerprint density at radius 1 is 1.38 bits per heavy atom. The second-order valence-corrected chi connectivity index (χ2v) is 5.59. The third-order valence-corrected chi connectivity index (χ3v) is 4.12. The lowest BCUT2D eigenvalue weighted by Crippen LogP contribution is -2.39. The van der Waals surface area contributed by atoms with Crippen LogP contribution in [0, 0.1) is 11.8 Å². The molecule has 0 aromatic rings. The highest BCUT2D eigenvalue weighted by Crippen LogP contribution is 2.32. The average Bonchev–Trinajstić information content (AvgIpc) is 2.77. The third-order valence-electron chi connectivity index (χ3n) is 4.12. The molecule has 1 amide bonds. The summed E-state index contributed by atoms with van der Waals surface area (Å²) in [6.07, 6.45) is 5.23. The minimum Gasteiger partial charge on any atom is -0.326 e. The van der Waals surface area contributed by atoms with E-state index in [0.29, 0.717) is 5.91 Å². The molecule has 0 aromatic heterocycles. The van der Waals surface area contributed by atoms with Crippen LogP contribution in [0.3, 0.4) is 0 Å². The van der Waals surface area contributed by atoms with Crippen molar-refractivity contribution in [3.63, 3.8) is 0 Å². The molecule has 2 aliphatic rings. The Hall–Kier alpha value is -0.570. The van der Waals surface area contributed by atoms with Gasteiger partial charge < -0.3 is 4.90 Å². The zero-order valence-corrected chi connectivity index (χ0v) is 10.7. The second kappa shape index (κ2) is 4.74. The SMILES string of the molecule is CCC1NC(C)C(=O)N1CC1CCC(C)C1. The van der Waals surface area contributed by atoms with Gasteiger partial charge in [0.15, 0.2) is 0 Å². The number of nitrogens with zero attached hydrogens (tertiary/aromatic N) is 1. The number of hydrogen-bond acceptors (Lipinski definition) is 2. The molecule has 0 radical (unpaired) electrons. The normalized spacial score (nSPS) is 39.7. The first-order chi connectivity index (χ1) is 7.61. The van der Waals surface area contributed by atoms with E-state index in [4.69, 9.17) is 0 Å². The molecule has 3 heteroatoms. The quantitative estimate of drug-likeness (QED) is 0.795. The summed E-state index contributed by atoms with van der Waals surface area (Å²) in [7, 11) is 0. The van der Waals surface area contributed by atoms with E-state index in [1.165, 1.54) is 19.3 Å². The smallest absolute Gasteiger partial charge is 0.240 e. The van der Waals surface area contributed by atoms with Crippen molar-refractivity contribution >= 4 is 5.91 Å². The molecule has 0 bridgehead atoms. The van der Waals surface area contributed by atoms with Crippen molar-refractivity contribution in [1.29, 1.82) is 0 Å². The maximum Gasteiger partial charge on any atom is 0.240 e. The van der Waals surface area contributed by atoms with Gasteiger partial charge in [-0.15, -0.1) is 0 Å². The molecule has 1 aliphatic heterocycles. The Morgan fingerprint density at radius 2 is 2.12 bits per heavy atom. The highest BCUT2D eigenvalue weighted by atomic mass is 16.2. The first-order valence-corrected chi connectivity index (χ1v) is 6.68. The van der Waals surface area contributed by atoms with Crippen LogP contribution in [0.25, 0.3) is 0 Å². The summed E-state index contributed by atoms with van der Waals surface area (Å²) in [5.41, 5.74) is 0. The number of carbonyl (C=O) groups is 1. The molecule has 1 saturated carbocycles. The van der Waals surface area contributed by atoms with E-state index in [-0.39, 0.29) is 12.2 Å². The topological polar surface area (TPSA) is 32.3 Å². The summed E-state index contributed by atoms with van der Waals surface area (Å²) in [5, 5.41) is 3.36. The zero-order valence-electron chi connectivity index (χ0n) is 10.7. The summed E-state index contributed by atoms with van der Waals surface area (Å²) in [5.74, 6) is 1.89. The fourth-order valence-electron chi connectivity index (χ4n) is 3.18. The van der Waals surface area contributed by atoms with Crippen LogP contribution in [0.5, 0.6) is 0 Å². The molecule has 3 nitrogen and oxygen atoms in total. The molecule has 1 saturated heterocycles. The predicted molar refractivity (Wildman–Crippen MR) is 64.9 cm³/mol. The van der Waals surface area contributed by atoms with E-state index in [1.807, 2.05) is 6.92 Å². The minimum atomic E-state index is 0.0174. The summed E-state index contributed by atoms with van der Waals surface area (Å²) < 4.78 is 0. The monoisotopic (exact) mass is 224 g/mol. The highest BCUT2D eigenvalue weighted by molar-refractivity contribution is 5.83. The van der Waals surface area contributed by atoms with Crippen LogP contribution in [0.1, 0.15) is 46.5 Å². The van der Waals surface area contributed by atoms with Crippen LogP contribution in [-0.2, 0) is 4.79 Å². The largest absolute Gasteiger partial charge is 0.326 e. The summed E-state index contributed by atoms with van der Waals surface area (Å²) >= 11 is 0. The lowest BCUT2D eigenvalue weighted by atomic mass is 10.1. The standard InChI is InChI=1S/C13H24N2O/c1-4-12-14-10(3)13(16)15(12)8-11-6-5-9(2)7-11/h9-12,14H,4-8H2,1-3H3. The molecule has 1 N–H and O–H groups in total. The van der Waals surface area contributed by atoms with Crippen LogP contribution in [-0.4, -0.2) is 29.6 Å². The van der Waals surface area contributed by atoms with Gasteiger partial charge in [0.1, 0.15) is 0 Å². The zero-order chi connectivity index (χ0) is 11.7. The fourth-order valence-corrected chi connectivity index (χ4v) is 3.18. The van der Waals surface area contributed by atoms with Gasteiger partial charge in [0.2, 0.25) is 5.91 Å². The minimum absolute atomic E-state index is 0.0174. The van der Waals surface area contributed by atoms with E-state index in [1.54, 1.807) is 0 Å². The summed E-state index contributed by atoms with van der Waals surface area (Å²) in [6, 6.07) is 0.0174. The number of carbonyl (C=O) groups excluding carboxylic acids is 1. The average molecular weight is 224 g/mol. The third kappa shape index (κ3) is 2.24. The molecule has 1 heterocycles. The maximum absolute atomic E-state index is 12.0. The van der Waals surface area contributed by atoms with Crippen LogP contribution >= 0.6 is 0 Å². The Balaban J connectivity index is 1.94. The van der Waals surface area contributed by atoms with E-state index >= 15 is 0 Å². The van der Waals surface area contributed by atoms with E-state index < -0.39 is 0 Å². The van der Waals surface area contributed by atoms with Crippen LogP contribution in [0.2, 0.25) is 0 Å². The van der Waals surface area contributed by atoms with Gasteiger partial charge in [0.25, 0.3) is 0 Å². The van der Waals surface area contributed by atoms with Crippen LogP contribution in [0.4, 0.5) is 0 Å². The molecule has 92 valence electrons. The van der Waals surface area contributed by atoms with Crippen molar-refractivity contribution in [3.05, 3.63) is 0 Å².